The van der Waals surface area contributed by atoms with Gasteiger partial charge in [-0.3, -0.25) is 4.79 Å². The molecule has 0 heterocycles. The first-order valence-corrected chi connectivity index (χ1v) is 5.65. The molecule has 2 N–H and O–H groups in total. The monoisotopic (exact) mass is 236 g/mol. The normalized spacial score (nSPS) is 12.5. The molecule has 0 aromatic heterocycles. The highest BCUT2D eigenvalue weighted by Gasteiger charge is 2.12. The summed E-state index contributed by atoms with van der Waals surface area (Å²) in [5, 5.41) is 12.2. The number of nitrogens with one attached hydrogen (secondary N) is 1. The highest BCUT2D eigenvalue weighted by molar-refractivity contribution is 5.95. The molecule has 0 saturated heterocycles. The second-order valence-electron chi connectivity index (χ2n) is 4.64. The van der Waals surface area contributed by atoms with Crippen molar-refractivity contribution >= 4 is 5.91 Å². The van der Waals surface area contributed by atoms with E-state index in [9.17, 15) is 9.90 Å². The van der Waals surface area contributed by atoms with E-state index in [4.69, 9.17) is 0 Å². The van der Waals surface area contributed by atoms with Crippen LogP contribution in [0.4, 0.5) is 0 Å². The van der Waals surface area contributed by atoms with E-state index in [-0.39, 0.29) is 17.7 Å². The van der Waals surface area contributed by atoms with Gasteiger partial charge in [0.05, 0.1) is 0 Å². The van der Waals surface area contributed by atoms with Gasteiger partial charge < -0.3 is 15.3 Å². The van der Waals surface area contributed by atoms with Crippen molar-refractivity contribution < 1.29 is 9.90 Å². The lowest BCUT2D eigenvalue weighted by Gasteiger charge is -2.18. The van der Waals surface area contributed by atoms with Gasteiger partial charge >= 0.3 is 0 Å². The SMILES string of the molecule is Cc1cc(O)ccc1C(=O)NC(C)CN(C)C. The first-order chi connectivity index (χ1) is 7.90. The summed E-state index contributed by atoms with van der Waals surface area (Å²) in [7, 11) is 3.93. The Labute approximate surface area is 102 Å². The van der Waals surface area contributed by atoms with Gasteiger partial charge in [0.2, 0.25) is 0 Å². The lowest BCUT2D eigenvalue weighted by atomic mass is 10.1. The topological polar surface area (TPSA) is 52.6 Å². The summed E-state index contributed by atoms with van der Waals surface area (Å²) in [5.74, 6) is 0.0808. The van der Waals surface area contributed by atoms with Crippen LogP contribution in [-0.2, 0) is 0 Å². The highest BCUT2D eigenvalue weighted by atomic mass is 16.3. The first-order valence-electron chi connectivity index (χ1n) is 5.65. The van der Waals surface area contributed by atoms with Crippen LogP contribution in [0.25, 0.3) is 0 Å². The Kier molecular flexibility index (Phi) is 4.52. The van der Waals surface area contributed by atoms with E-state index in [0.29, 0.717) is 5.56 Å². The zero-order valence-electron chi connectivity index (χ0n) is 10.8. The molecule has 1 unspecified atom stereocenters. The number of likely N-dealkylation sites (N-methyl/N-ethyl adjacent to an activating group) is 1. The third-order valence-electron chi connectivity index (χ3n) is 2.47. The highest BCUT2D eigenvalue weighted by Crippen LogP contribution is 2.15. The number of phenolic OH excluding ortho intramolecular Hbond substituents is 1. The standard InChI is InChI=1S/C13H20N2O2/c1-9-7-11(16)5-6-12(9)13(17)14-10(2)8-15(3)4/h5-7,10,16H,8H2,1-4H3,(H,14,17). The molecular weight excluding hydrogens is 216 g/mol. The molecule has 1 amide bonds. The largest absolute Gasteiger partial charge is 0.508 e. The van der Waals surface area contributed by atoms with Crippen LogP contribution in [0.3, 0.4) is 0 Å². The van der Waals surface area contributed by atoms with Gasteiger partial charge in [0, 0.05) is 18.2 Å². The number of nitrogens with zero attached hydrogens (tertiary/aromatic N) is 1. The van der Waals surface area contributed by atoms with E-state index in [1.807, 2.05) is 32.8 Å². The Balaban J connectivity index is 2.70. The van der Waals surface area contributed by atoms with Crippen LogP contribution in [0.15, 0.2) is 18.2 Å². The van der Waals surface area contributed by atoms with Gasteiger partial charge in [0.15, 0.2) is 0 Å². The smallest absolute Gasteiger partial charge is 0.251 e. The third kappa shape index (κ3) is 4.07. The van der Waals surface area contributed by atoms with Gasteiger partial charge in [-0.2, -0.15) is 0 Å². The van der Waals surface area contributed by atoms with Crippen LogP contribution in [0.5, 0.6) is 5.75 Å². The predicted molar refractivity (Wildman–Crippen MR) is 68.3 cm³/mol. The van der Waals surface area contributed by atoms with Gasteiger partial charge in [-0.1, -0.05) is 0 Å². The zero-order valence-corrected chi connectivity index (χ0v) is 10.8. The Morgan fingerprint density at radius 3 is 2.65 bits per heavy atom. The Bertz CT molecular complexity index is 402. The fourth-order valence-corrected chi connectivity index (χ4v) is 1.80. The van der Waals surface area contributed by atoms with Crippen molar-refractivity contribution in [2.45, 2.75) is 19.9 Å². The second kappa shape index (κ2) is 5.68. The number of amides is 1. The molecule has 1 aromatic rings. The summed E-state index contributed by atoms with van der Waals surface area (Å²) >= 11 is 0. The van der Waals surface area contributed by atoms with Crippen molar-refractivity contribution in [2.24, 2.45) is 0 Å². The van der Waals surface area contributed by atoms with E-state index < -0.39 is 0 Å². The average molecular weight is 236 g/mol. The molecule has 0 bridgehead atoms. The number of benzene rings is 1. The van der Waals surface area contributed by atoms with Gasteiger partial charge in [0.1, 0.15) is 5.75 Å². The molecule has 0 radical (unpaired) electrons. The van der Waals surface area contributed by atoms with Gasteiger partial charge in [0.25, 0.3) is 5.91 Å². The minimum Gasteiger partial charge on any atom is -0.508 e. The molecule has 17 heavy (non-hydrogen) atoms. The molecule has 0 spiro atoms. The molecule has 1 aromatic carbocycles. The van der Waals surface area contributed by atoms with Gasteiger partial charge in [-0.05, 0) is 51.7 Å². The van der Waals surface area contributed by atoms with E-state index in [1.54, 1.807) is 12.1 Å². The lowest BCUT2D eigenvalue weighted by Crippen LogP contribution is -2.39. The Morgan fingerprint density at radius 2 is 2.12 bits per heavy atom. The van der Waals surface area contributed by atoms with E-state index in [1.165, 1.54) is 6.07 Å². The minimum absolute atomic E-state index is 0.0886. The molecule has 1 atom stereocenters. The maximum absolute atomic E-state index is 12.0. The van der Waals surface area contributed by atoms with Crippen LogP contribution in [0.1, 0.15) is 22.8 Å². The van der Waals surface area contributed by atoms with E-state index >= 15 is 0 Å². The summed E-state index contributed by atoms with van der Waals surface area (Å²) in [6.07, 6.45) is 0. The first kappa shape index (κ1) is 13.5. The maximum atomic E-state index is 12.0. The lowest BCUT2D eigenvalue weighted by molar-refractivity contribution is 0.0933. The summed E-state index contributed by atoms with van der Waals surface area (Å²) in [6, 6.07) is 4.84. The number of hydrogen-bond donors (Lipinski definition) is 2. The minimum atomic E-state index is -0.100. The van der Waals surface area contributed by atoms with Crippen molar-refractivity contribution in [3.8, 4) is 5.75 Å². The Hall–Kier alpha value is -1.55. The van der Waals surface area contributed by atoms with Crippen molar-refractivity contribution in [3.05, 3.63) is 29.3 Å². The molecule has 4 heteroatoms. The number of carbonyl (C=O) groups is 1. The van der Waals surface area contributed by atoms with Crippen molar-refractivity contribution in [1.82, 2.24) is 10.2 Å². The van der Waals surface area contributed by atoms with Crippen molar-refractivity contribution in [1.29, 1.82) is 0 Å². The van der Waals surface area contributed by atoms with E-state index in [2.05, 4.69) is 5.32 Å². The summed E-state index contributed by atoms with van der Waals surface area (Å²) in [4.78, 5) is 14.0. The number of rotatable bonds is 4. The predicted octanol–water partition coefficient (Wildman–Crippen LogP) is 1.38. The number of aryl methyl sites for hydroxylation is 1. The van der Waals surface area contributed by atoms with Crippen LogP contribution in [0, 0.1) is 6.92 Å². The van der Waals surface area contributed by atoms with Crippen LogP contribution < -0.4 is 5.32 Å². The molecule has 0 saturated carbocycles. The van der Waals surface area contributed by atoms with Crippen LogP contribution >= 0.6 is 0 Å². The summed E-state index contributed by atoms with van der Waals surface area (Å²) < 4.78 is 0. The second-order valence-corrected chi connectivity index (χ2v) is 4.64. The molecular formula is C13H20N2O2. The van der Waals surface area contributed by atoms with Crippen molar-refractivity contribution in [3.63, 3.8) is 0 Å². The molecule has 4 nitrogen and oxygen atoms in total. The molecule has 1 rings (SSSR count). The maximum Gasteiger partial charge on any atom is 0.251 e. The van der Waals surface area contributed by atoms with E-state index in [0.717, 1.165) is 12.1 Å². The fraction of sp³-hybridized carbons (Fsp3) is 0.462. The fourth-order valence-electron chi connectivity index (χ4n) is 1.80. The zero-order chi connectivity index (χ0) is 13.0. The average Bonchev–Trinajstić information content (AvgIpc) is 2.15. The van der Waals surface area contributed by atoms with Gasteiger partial charge in [-0.15, -0.1) is 0 Å². The van der Waals surface area contributed by atoms with Crippen LogP contribution in [0.2, 0.25) is 0 Å². The third-order valence-corrected chi connectivity index (χ3v) is 2.47. The Morgan fingerprint density at radius 1 is 1.47 bits per heavy atom. The molecule has 0 aliphatic heterocycles. The number of aromatic hydroxyl groups is 1. The molecule has 0 aliphatic rings. The quantitative estimate of drug-likeness (QED) is 0.830. The molecule has 94 valence electrons. The number of carbonyl (C=O) groups excluding carboxylic acids is 1. The molecule has 0 aliphatic carbocycles. The van der Waals surface area contributed by atoms with Gasteiger partial charge in [-0.25, -0.2) is 0 Å². The summed E-state index contributed by atoms with van der Waals surface area (Å²) in [6.45, 7) is 4.57. The van der Waals surface area contributed by atoms with Crippen LogP contribution in [-0.4, -0.2) is 42.6 Å². The molecule has 0 fully saturated rings. The number of hydrogen-bond acceptors (Lipinski definition) is 3. The van der Waals surface area contributed by atoms with Crippen molar-refractivity contribution in [2.75, 3.05) is 20.6 Å². The number of phenols is 1. The summed E-state index contributed by atoms with van der Waals surface area (Å²) in [5.41, 5.74) is 1.38.